The van der Waals surface area contributed by atoms with Gasteiger partial charge >= 0.3 is 12.4 Å². The lowest BCUT2D eigenvalue weighted by molar-refractivity contribution is -0.274. The van der Waals surface area contributed by atoms with Crippen LogP contribution in [0.2, 0.25) is 0 Å². The van der Waals surface area contributed by atoms with E-state index in [1.54, 1.807) is 86.6 Å². The van der Waals surface area contributed by atoms with Crippen molar-refractivity contribution in [3.05, 3.63) is 144 Å². The third kappa shape index (κ3) is 7.62. The number of nitrogens with one attached hydrogen (secondary N) is 5. The number of imide groups is 1. The Morgan fingerprint density at radius 1 is 0.722 bits per heavy atom. The number of carbonyl (C=O) groups is 4. The van der Waals surface area contributed by atoms with Gasteiger partial charge in [-0.25, -0.2) is 9.69 Å². The summed E-state index contributed by atoms with van der Waals surface area (Å²) in [4.78, 5) is 63.9. The molecule has 0 aliphatic carbocycles. The number of nitrogens with zero attached hydrogens (tertiary/aromatic N) is 3. The van der Waals surface area contributed by atoms with E-state index in [4.69, 9.17) is 0 Å². The molecule has 54 heavy (non-hydrogen) atoms. The molecule has 2 unspecified atom stereocenters. The molecule has 1 saturated heterocycles. The van der Waals surface area contributed by atoms with Crippen molar-refractivity contribution in [2.24, 2.45) is 0 Å². The number of alkyl halides is 3. The number of carbonyl (C=O) groups excluding carboxylic acids is 4. The molecule has 3 aromatic carbocycles. The molecule has 16 heteroatoms. The lowest BCUT2D eigenvalue weighted by Crippen LogP contribution is -2.55. The van der Waals surface area contributed by atoms with Gasteiger partial charge in [0.1, 0.15) is 11.3 Å². The van der Waals surface area contributed by atoms with Crippen LogP contribution in [0, 0.1) is 0 Å². The maximum atomic E-state index is 14.9. The van der Waals surface area contributed by atoms with E-state index < -0.39 is 53.2 Å². The number of anilines is 3. The van der Waals surface area contributed by atoms with E-state index in [1.165, 1.54) is 36.9 Å². The average molecular weight is 739 g/mol. The van der Waals surface area contributed by atoms with Crippen LogP contribution in [-0.4, -0.2) is 45.6 Å². The van der Waals surface area contributed by atoms with E-state index in [-0.39, 0.29) is 5.69 Å². The van der Waals surface area contributed by atoms with Gasteiger partial charge in [0.05, 0.1) is 29.5 Å². The van der Waals surface area contributed by atoms with Gasteiger partial charge in [-0.1, -0.05) is 50.2 Å². The molecule has 2 atom stereocenters. The lowest BCUT2D eigenvalue weighted by Gasteiger charge is -2.40. The van der Waals surface area contributed by atoms with Crippen LogP contribution in [0.15, 0.2) is 122 Å². The highest BCUT2D eigenvalue weighted by atomic mass is 19.4. The van der Waals surface area contributed by atoms with Gasteiger partial charge in [-0.3, -0.25) is 46.1 Å². The summed E-state index contributed by atoms with van der Waals surface area (Å²) in [5.41, 5.74) is 11.6. The number of rotatable bonds is 12. The zero-order valence-corrected chi connectivity index (χ0v) is 28.7. The van der Waals surface area contributed by atoms with Crippen LogP contribution in [0.1, 0.15) is 57.5 Å². The van der Waals surface area contributed by atoms with Crippen molar-refractivity contribution in [3.8, 4) is 5.75 Å². The van der Waals surface area contributed by atoms with E-state index in [9.17, 15) is 32.3 Å². The van der Waals surface area contributed by atoms with Crippen LogP contribution < -0.4 is 36.7 Å². The lowest BCUT2D eigenvalue weighted by atomic mass is 9.69. The van der Waals surface area contributed by atoms with Crippen molar-refractivity contribution in [2.45, 2.75) is 37.6 Å². The summed E-state index contributed by atoms with van der Waals surface area (Å²) in [5, 5.41) is 2.91. The molecule has 0 spiro atoms. The monoisotopic (exact) mass is 738 g/mol. The van der Waals surface area contributed by atoms with E-state index in [0.717, 1.165) is 17.0 Å². The smallest absolute Gasteiger partial charge is 0.406 e. The summed E-state index contributed by atoms with van der Waals surface area (Å²) in [6.45, 7) is 3.42. The summed E-state index contributed by atoms with van der Waals surface area (Å²) in [6, 6.07) is 23.7. The van der Waals surface area contributed by atoms with Crippen LogP contribution in [-0.2, 0) is 4.79 Å². The Morgan fingerprint density at radius 3 is 1.63 bits per heavy atom. The number of aromatic nitrogens is 2. The second-order valence-electron chi connectivity index (χ2n) is 12.2. The number of ether oxygens (including phenoxy) is 1. The predicted octanol–water partition coefficient (Wildman–Crippen LogP) is 6.29. The highest BCUT2D eigenvalue weighted by molar-refractivity contribution is 6.24. The maximum Gasteiger partial charge on any atom is 0.573 e. The molecule has 13 nitrogen and oxygen atoms in total. The Balaban J connectivity index is 1.38. The minimum atomic E-state index is -4.95. The molecular formula is C38H33F3N8O5. The van der Waals surface area contributed by atoms with Gasteiger partial charge in [0.2, 0.25) is 0 Å². The van der Waals surface area contributed by atoms with Gasteiger partial charge in [0.25, 0.3) is 17.7 Å². The molecule has 0 bridgehead atoms. The first-order chi connectivity index (χ1) is 25.9. The Kier molecular flexibility index (Phi) is 10.4. The quantitative estimate of drug-likeness (QED) is 0.0730. The largest absolute Gasteiger partial charge is 0.573 e. The first-order valence-electron chi connectivity index (χ1n) is 16.5. The van der Waals surface area contributed by atoms with Crippen molar-refractivity contribution in [2.75, 3.05) is 15.8 Å². The number of amides is 5. The highest BCUT2D eigenvalue weighted by Gasteiger charge is 2.59. The minimum Gasteiger partial charge on any atom is -0.406 e. The zero-order valence-electron chi connectivity index (χ0n) is 28.7. The molecule has 3 heterocycles. The number of hydrazine groups is 2. The van der Waals surface area contributed by atoms with Crippen LogP contribution >= 0.6 is 0 Å². The van der Waals surface area contributed by atoms with Crippen molar-refractivity contribution in [1.82, 2.24) is 26.1 Å². The number of urea groups is 1. The minimum absolute atomic E-state index is 0.0142. The number of hydrogen-bond donors (Lipinski definition) is 5. The molecule has 276 valence electrons. The van der Waals surface area contributed by atoms with E-state index in [2.05, 4.69) is 41.7 Å². The molecule has 1 fully saturated rings. The van der Waals surface area contributed by atoms with Crippen molar-refractivity contribution in [3.63, 3.8) is 0 Å². The maximum absolute atomic E-state index is 14.9. The zero-order chi connectivity index (χ0) is 38.5. The molecule has 0 radical (unpaired) electrons. The second-order valence-corrected chi connectivity index (χ2v) is 12.2. The SMILES string of the molecule is CC(c1ccncc1NNC(=O)c1ccccc1)C1(C(C)c2ccncc2NNC(=O)c2ccccc2)NC(=O)N(c2ccc(OC(F)(F)F)cc2)C1=O. The number of pyridine rings is 2. The van der Waals surface area contributed by atoms with Gasteiger partial charge in [0.15, 0.2) is 0 Å². The molecule has 5 aromatic rings. The summed E-state index contributed by atoms with van der Waals surface area (Å²) in [5.74, 6) is -3.91. The first kappa shape index (κ1) is 36.8. The predicted molar refractivity (Wildman–Crippen MR) is 192 cm³/mol. The fourth-order valence-corrected chi connectivity index (χ4v) is 6.39. The summed E-state index contributed by atoms with van der Waals surface area (Å²) in [6.07, 6.45) is 0.936. The van der Waals surface area contributed by atoms with Gasteiger partial charge in [-0.2, -0.15) is 0 Å². The third-order valence-corrected chi connectivity index (χ3v) is 9.10. The van der Waals surface area contributed by atoms with Crippen LogP contribution in [0.4, 0.5) is 35.0 Å². The average Bonchev–Trinajstić information content (AvgIpc) is 3.45. The van der Waals surface area contributed by atoms with Gasteiger partial charge in [-0.05, 0) is 71.8 Å². The molecule has 2 aromatic heterocycles. The molecular weight excluding hydrogens is 705 g/mol. The molecule has 5 amide bonds. The van der Waals surface area contributed by atoms with E-state index in [1.807, 2.05) is 0 Å². The summed E-state index contributed by atoms with van der Waals surface area (Å²) < 4.78 is 42.6. The normalized spacial score (nSPS) is 16.5. The second kappa shape index (κ2) is 15.3. The third-order valence-electron chi connectivity index (χ3n) is 9.10. The highest BCUT2D eigenvalue weighted by Crippen LogP contribution is 2.47. The Bertz CT molecular complexity index is 2050. The van der Waals surface area contributed by atoms with Crippen molar-refractivity contribution < 1.29 is 37.1 Å². The fraction of sp³-hybridized carbons (Fsp3) is 0.158. The number of hydrogen-bond acceptors (Lipinski definition) is 9. The van der Waals surface area contributed by atoms with Crippen molar-refractivity contribution >= 4 is 40.8 Å². The van der Waals surface area contributed by atoms with Gasteiger partial charge in [0, 0.05) is 35.4 Å². The Morgan fingerprint density at radius 2 is 1.19 bits per heavy atom. The van der Waals surface area contributed by atoms with E-state index >= 15 is 0 Å². The Hall–Kier alpha value is -6.97. The molecule has 5 N–H and O–H groups in total. The molecule has 1 aliphatic rings. The fourth-order valence-electron chi connectivity index (χ4n) is 6.39. The molecule has 6 rings (SSSR count). The molecule has 0 saturated carbocycles. The van der Waals surface area contributed by atoms with Crippen LogP contribution in [0.25, 0.3) is 0 Å². The summed E-state index contributed by atoms with van der Waals surface area (Å²) >= 11 is 0. The van der Waals surface area contributed by atoms with Crippen LogP contribution in [0.5, 0.6) is 5.75 Å². The first-order valence-corrected chi connectivity index (χ1v) is 16.5. The van der Waals surface area contributed by atoms with Crippen molar-refractivity contribution in [1.29, 1.82) is 0 Å². The van der Waals surface area contributed by atoms with Crippen LogP contribution in [0.3, 0.4) is 0 Å². The van der Waals surface area contributed by atoms with Gasteiger partial charge < -0.3 is 10.1 Å². The van der Waals surface area contributed by atoms with Gasteiger partial charge in [-0.15, -0.1) is 13.2 Å². The standard InChI is InChI=1S/C38H33F3N8O5/c1-23(29-17-19-42-21-31(29)45-47-33(50)25-9-5-3-6-10-25)37(35(52)49(36(53)44-37)27-13-15-28(16-14-27)54-38(39,40)41)24(2)30-18-20-43-22-32(30)46-48-34(51)26-11-7-4-8-12-26/h3-24,45-46H,1-2H3,(H,44,53)(H,47,50)(H,48,51). The summed E-state index contributed by atoms with van der Waals surface area (Å²) in [7, 11) is 0. The Labute approximate surface area is 306 Å². The molecule has 1 aliphatic heterocycles. The number of benzene rings is 3. The van der Waals surface area contributed by atoms with E-state index in [0.29, 0.717) is 33.6 Å². The topological polar surface area (TPSA) is 167 Å². The number of halogens is 3.